The van der Waals surface area contributed by atoms with Gasteiger partial charge in [-0.05, 0) is 29.7 Å². The van der Waals surface area contributed by atoms with Gasteiger partial charge in [-0.1, -0.05) is 40.9 Å². The van der Waals surface area contributed by atoms with E-state index in [1.165, 1.54) is 23.5 Å². The van der Waals surface area contributed by atoms with Gasteiger partial charge in [-0.15, -0.1) is 11.3 Å². The number of imide groups is 1. The maximum absolute atomic E-state index is 12.5. The number of hydrogen-bond donors (Lipinski definition) is 0. The first-order chi connectivity index (χ1) is 10.5. The van der Waals surface area contributed by atoms with Gasteiger partial charge in [0, 0.05) is 15.5 Å². The molecule has 0 spiro atoms. The topological polar surface area (TPSA) is 37.4 Å². The summed E-state index contributed by atoms with van der Waals surface area (Å²) in [6.45, 7) is 0. The van der Waals surface area contributed by atoms with E-state index in [1.807, 2.05) is 17.5 Å². The summed E-state index contributed by atoms with van der Waals surface area (Å²) < 4.78 is 0. The Morgan fingerprint density at radius 3 is 2.41 bits per heavy atom. The maximum atomic E-state index is 12.5. The van der Waals surface area contributed by atoms with Gasteiger partial charge in [0.15, 0.2) is 0 Å². The molecule has 1 aliphatic heterocycles. The van der Waals surface area contributed by atoms with Gasteiger partial charge in [0.1, 0.15) is 0 Å². The molecular weight excluding hydrogens is 365 g/mol. The van der Waals surface area contributed by atoms with E-state index < -0.39 is 5.91 Å². The zero-order valence-corrected chi connectivity index (χ0v) is 14.1. The van der Waals surface area contributed by atoms with Crippen molar-refractivity contribution >= 4 is 69.7 Å². The first-order valence-electron chi connectivity index (χ1n) is 6.23. The highest BCUT2D eigenvalue weighted by atomic mass is 35.5. The normalized spacial score (nSPS) is 16.9. The third-order valence-electron chi connectivity index (χ3n) is 3.13. The molecule has 0 aliphatic carbocycles. The Morgan fingerprint density at radius 2 is 1.82 bits per heavy atom. The zero-order valence-electron chi connectivity index (χ0n) is 11.0. The number of thiophene rings is 1. The van der Waals surface area contributed by atoms with Crippen LogP contribution in [0.2, 0.25) is 15.1 Å². The second-order valence-electron chi connectivity index (χ2n) is 4.61. The Bertz CT molecular complexity index is 776. The molecule has 22 heavy (non-hydrogen) atoms. The molecule has 0 atom stereocenters. The Kier molecular flexibility index (Phi) is 4.28. The third kappa shape index (κ3) is 2.79. The quantitative estimate of drug-likeness (QED) is 0.546. The van der Waals surface area contributed by atoms with Crippen LogP contribution in [-0.4, -0.2) is 11.8 Å². The molecule has 0 N–H and O–H groups in total. The van der Waals surface area contributed by atoms with E-state index in [2.05, 4.69) is 0 Å². The van der Waals surface area contributed by atoms with Crippen molar-refractivity contribution in [2.24, 2.45) is 0 Å². The summed E-state index contributed by atoms with van der Waals surface area (Å²) in [7, 11) is 0. The number of rotatable bonds is 2. The van der Waals surface area contributed by atoms with Gasteiger partial charge < -0.3 is 0 Å². The molecule has 7 heteroatoms. The molecule has 0 unspecified atom stereocenters. The van der Waals surface area contributed by atoms with E-state index in [-0.39, 0.29) is 28.1 Å². The fourth-order valence-electron chi connectivity index (χ4n) is 2.21. The first kappa shape index (κ1) is 15.6. The smallest absolute Gasteiger partial charge is 0.261 e. The molecular formula is C15H8Cl3NO2S. The number of carbonyl (C=O) groups is 2. The van der Waals surface area contributed by atoms with Crippen LogP contribution < -0.4 is 4.90 Å². The molecule has 2 aromatic rings. The second-order valence-corrected chi connectivity index (χ2v) is 6.84. The van der Waals surface area contributed by atoms with E-state index in [1.54, 1.807) is 6.08 Å². The second kappa shape index (κ2) is 6.05. The van der Waals surface area contributed by atoms with E-state index in [0.29, 0.717) is 10.6 Å². The van der Waals surface area contributed by atoms with Crippen molar-refractivity contribution in [3.8, 4) is 0 Å². The summed E-state index contributed by atoms with van der Waals surface area (Å²) in [5.74, 6) is -0.775. The fourth-order valence-corrected chi connectivity index (χ4v) is 3.87. The Hall–Kier alpha value is -1.33. The van der Waals surface area contributed by atoms with Crippen LogP contribution in [0.3, 0.4) is 0 Å². The SMILES string of the molecule is O=C1C/C(=C\c2cccs2)C(=O)N1c1c(Cl)cc(Cl)cc1Cl. The zero-order chi connectivity index (χ0) is 15.9. The standard InChI is InChI=1S/C15H8Cl3NO2S/c16-9-6-11(17)14(12(18)7-9)19-13(20)5-8(15(19)21)4-10-2-1-3-22-10/h1-4,6-7H,5H2/b8-4+. The molecule has 2 heterocycles. The number of anilines is 1. The van der Waals surface area contributed by atoms with Gasteiger partial charge in [0.05, 0.1) is 22.2 Å². The number of halogens is 3. The van der Waals surface area contributed by atoms with Crippen LogP contribution in [0.25, 0.3) is 6.08 Å². The van der Waals surface area contributed by atoms with Crippen LogP contribution in [0.1, 0.15) is 11.3 Å². The highest BCUT2D eigenvalue weighted by Gasteiger charge is 2.37. The van der Waals surface area contributed by atoms with Gasteiger partial charge in [-0.25, -0.2) is 4.90 Å². The molecule has 0 bridgehead atoms. The maximum Gasteiger partial charge on any atom is 0.261 e. The molecule has 1 aromatic carbocycles. The largest absolute Gasteiger partial charge is 0.274 e. The molecule has 3 nitrogen and oxygen atoms in total. The lowest BCUT2D eigenvalue weighted by Gasteiger charge is -2.17. The van der Waals surface area contributed by atoms with Crippen molar-refractivity contribution in [2.75, 3.05) is 4.90 Å². The molecule has 0 saturated carbocycles. The fraction of sp³-hybridized carbons (Fsp3) is 0.0667. The number of benzene rings is 1. The van der Waals surface area contributed by atoms with E-state index in [9.17, 15) is 9.59 Å². The van der Waals surface area contributed by atoms with Crippen molar-refractivity contribution in [1.29, 1.82) is 0 Å². The van der Waals surface area contributed by atoms with Gasteiger partial charge in [-0.2, -0.15) is 0 Å². The van der Waals surface area contributed by atoms with Gasteiger partial charge in [0.25, 0.3) is 5.91 Å². The average Bonchev–Trinajstić information content (AvgIpc) is 3.02. The molecule has 1 fully saturated rings. The molecule has 2 amide bonds. The van der Waals surface area contributed by atoms with Crippen molar-refractivity contribution in [3.05, 3.63) is 55.2 Å². The van der Waals surface area contributed by atoms with Crippen LogP contribution in [-0.2, 0) is 9.59 Å². The predicted molar refractivity (Wildman–Crippen MR) is 90.9 cm³/mol. The summed E-state index contributed by atoms with van der Waals surface area (Å²) in [5.41, 5.74) is 0.590. The summed E-state index contributed by atoms with van der Waals surface area (Å²) in [6.07, 6.45) is 1.73. The van der Waals surface area contributed by atoms with Crippen molar-refractivity contribution in [3.63, 3.8) is 0 Å². The number of carbonyl (C=O) groups excluding carboxylic acids is 2. The molecule has 1 saturated heterocycles. The van der Waals surface area contributed by atoms with Crippen LogP contribution >= 0.6 is 46.1 Å². The van der Waals surface area contributed by atoms with Gasteiger partial charge >= 0.3 is 0 Å². The van der Waals surface area contributed by atoms with Gasteiger partial charge in [0.2, 0.25) is 5.91 Å². The lowest BCUT2D eigenvalue weighted by atomic mass is 10.2. The summed E-state index contributed by atoms with van der Waals surface area (Å²) in [6, 6.07) is 6.65. The summed E-state index contributed by atoms with van der Waals surface area (Å²) in [5, 5.41) is 2.57. The Balaban J connectivity index is 2.03. The highest BCUT2D eigenvalue weighted by Crippen LogP contribution is 2.40. The van der Waals surface area contributed by atoms with Crippen LogP contribution in [0.4, 0.5) is 5.69 Å². The monoisotopic (exact) mass is 371 g/mol. The third-order valence-corrected chi connectivity index (χ3v) is 4.75. The summed E-state index contributed by atoms with van der Waals surface area (Å²) in [4.78, 5) is 26.7. The molecule has 3 rings (SSSR count). The Labute approximate surface area is 145 Å². The van der Waals surface area contributed by atoms with Crippen molar-refractivity contribution in [1.82, 2.24) is 0 Å². The molecule has 0 radical (unpaired) electrons. The van der Waals surface area contributed by atoms with Gasteiger partial charge in [-0.3, -0.25) is 9.59 Å². The minimum atomic E-state index is -0.412. The number of hydrogen-bond acceptors (Lipinski definition) is 3. The minimum Gasteiger partial charge on any atom is -0.274 e. The number of amides is 2. The average molecular weight is 373 g/mol. The molecule has 112 valence electrons. The van der Waals surface area contributed by atoms with Crippen molar-refractivity contribution in [2.45, 2.75) is 6.42 Å². The summed E-state index contributed by atoms with van der Waals surface area (Å²) >= 11 is 19.6. The first-order valence-corrected chi connectivity index (χ1v) is 8.24. The predicted octanol–water partition coefficient (Wildman–Crippen LogP) is 5.06. The van der Waals surface area contributed by atoms with E-state index in [0.717, 1.165) is 9.78 Å². The minimum absolute atomic E-state index is 0.0199. The van der Waals surface area contributed by atoms with E-state index in [4.69, 9.17) is 34.8 Å². The van der Waals surface area contributed by atoms with E-state index >= 15 is 0 Å². The number of nitrogens with zero attached hydrogens (tertiary/aromatic N) is 1. The lowest BCUT2D eigenvalue weighted by molar-refractivity contribution is -0.120. The Morgan fingerprint density at radius 1 is 1.14 bits per heavy atom. The van der Waals surface area contributed by atoms with Crippen molar-refractivity contribution < 1.29 is 9.59 Å². The lowest BCUT2D eigenvalue weighted by Crippen LogP contribution is -2.29. The highest BCUT2D eigenvalue weighted by molar-refractivity contribution is 7.10. The molecule has 1 aliphatic rings. The molecule has 1 aromatic heterocycles. The van der Waals surface area contributed by atoms with Crippen LogP contribution in [0.5, 0.6) is 0 Å². The van der Waals surface area contributed by atoms with Crippen LogP contribution in [0, 0.1) is 0 Å². The van der Waals surface area contributed by atoms with Crippen LogP contribution in [0.15, 0.2) is 35.2 Å².